The third kappa shape index (κ3) is 9.83. The van der Waals surface area contributed by atoms with Gasteiger partial charge in [-0.15, -0.1) is 0 Å². The van der Waals surface area contributed by atoms with Crippen molar-refractivity contribution in [3.8, 4) is 0 Å². The number of nitrogens with two attached hydrogens (primary N) is 1. The number of anilines is 2. The zero-order chi connectivity index (χ0) is 42.5. The summed E-state index contributed by atoms with van der Waals surface area (Å²) in [6.45, 7) is 5.78. The number of amides is 4. The van der Waals surface area contributed by atoms with Crippen LogP contribution in [0.15, 0.2) is 36.4 Å². The van der Waals surface area contributed by atoms with Crippen LogP contribution in [0.5, 0.6) is 0 Å². The minimum atomic E-state index is -4.84. The first-order valence-electron chi connectivity index (χ1n) is 20.3. The normalized spacial score (nSPS) is 19.9. The van der Waals surface area contributed by atoms with Gasteiger partial charge < -0.3 is 40.0 Å². The molecule has 1 radical (unpaired) electrons. The number of carbonyl (C=O) groups excluding carboxylic acids is 5. The molecule has 4 heterocycles. The first-order chi connectivity index (χ1) is 28.1. The maximum atomic E-state index is 14.4. The minimum Gasteiger partial charge on any atom is -0.466 e. The Morgan fingerprint density at radius 2 is 1.61 bits per heavy atom. The number of rotatable bonds is 10. The summed E-state index contributed by atoms with van der Waals surface area (Å²) in [4.78, 5) is 74.0. The van der Waals surface area contributed by atoms with E-state index >= 15 is 0 Å². The minimum absolute atomic E-state index is 0.0168. The molecule has 2 aromatic rings. The van der Waals surface area contributed by atoms with Crippen LogP contribution < -0.4 is 16.0 Å². The Hall–Kier alpha value is -4.77. The lowest BCUT2D eigenvalue weighted by Gasteiger charge is -2.42. The van der Waals surface area contributed by atoms with Gasteiger partial charge in [-0.2, -0.15) is 18.1 Å². The number of alkyl halides is 3. The molecule has 3 fully saturated rings. The number of carbonyl (C=O) groups is 5. The summed E-state index contributed by atoms with van der Waals surface area (Å²) in [5, 5.41) is 2.61. The Kier molecular flexibility index (Phi) is 13.8. The molecule has 0 spiro atoms. The van der Waals surface area contributed by atoms with Gasteiger partial charge in [-0.3, -0.25) is 9.59 Å². The molecule has 321 valence electrons. The molecule has 4 amide bonds. The maximum Gasteiger partial charge on any atom is 0.418 e. The van der Waals surface area contributed by atoms with Crippen LogP contribution in [-0.4, -0.2) is 121 Å². The summed E-state index contributed by atoms with van der Waals surface area (Å²) >= 11 is 6.15. The van der Waals surface area contributed by atoms with Crippen LogP contribution in [0.4, 0.5) is 34.1 Å². The number of halogens is 4. The summed E-state index contributed by atoms with van der Waals surface area (Å²) in [6, 6.07) is 9.23. The van der Waals surface area contributed by atoms with E-state index in [9.17, 15) is 37.1 Å². The average molecular weight is 849 g/mol. The van der Waals surface area contributed by atoms with E-state index in [0.717, 1.165) is 17.3 Å². The van der Waals surface area contributed by atoms with Crippen molar-refractivity contribution in [1.82, 2.24) is 19.6 Å². The number of fused-ring (bicyclic) bond motifs is 1. The van der Waals surface area contributed by atoms with E-state index in [2.05, 4.69) is 5.32 Å². The Morgan fingerprint density at radius 1 is 0.949 bits per heavy atom. The lowest BCUT2D eigenvalue weighted by molar-refractivity contribution is -0.161. The van der Waals surface area contributed by atoms with Crippen molar-refractivity contribution in [2.24, 2.45) is 5.92 Å². The smallest absolute Gasteiger partial charge is 0.418 e. The Morgan fingerprint density at radius 3 is 2.25 bits per heavy atom. The highest BCUT2D eigenvalue weighted by atomic mass is 35.5. The van der Waals surface area contributed by atoms with Gasteiger partial charge in [0.15, 0.2) is 6.10 Å². The highest BCUT2D eigenvalue weighted by molar-refractivity contribution is 6.33. The van der Waals surface area contributed by atoms with Gasteiger partial charge >= 0.3 is 30.2 Å². The number of hydrogen-bond donors (Lipinski definition) is 2. The quantitative estimate of drug-likeness (QED) is 0.134. The van der Waals surface area contributed by atoms with Gasteiger partial charge in [0.25, 0.3) is 5.91 Å². The topological polar surface area (TPSA) is 167 Å². The third-order valence-electron chi connectivity index (χ3n) is 12.0. The van der Waals surface area contributed by atoms with Crippen LogP contribution in [0.25, 0.3) is 0 Å². The van der Waals surface area contributed by atoms with Crippen LogP contribution in [0.2, 0.25) is 5.02 Å². The van der Waals surface area contributed by atoms with Gasteiger partial charge in [0.05, 0.1) is 35.4 Å². The molecule has 6 rings (SSSR count). The van der Waals surface area contributed by atoms with Gasteiger partial charge in [0.1, 0.15) is 13.1 Å². The average Bonchev–Trinajstić information content (AvgIpc) is 3.39. The highest BCUT2D eigenvalue weighted by Gasteiger charge is 2.57. The largest absolute Gasteiger partial charge is 0.466 e. The number of urea groups is 1. The summed E-state index contributed by atoms with van der Waals surface area (Å²) in [5.41, 5.74) is 4.54. The van der Waals surface area contributed by atoms with Crippen molar-refractivity contribution < 1.29 is 51.4 Å². The maximum absolute atomic E-state index is 14.4. The van der Waals surface area contributed by atoms with Gasteiger partial charge in [-0.1, -0.05) is 29.8 Å². The SMILES string of the molecule is CCOC(=O)C1CC[N+](C2(C(=O)OCC)CCN(C(=O)[C@@H](Cc3cc(Cl)c(N)c(C(F)(F)F)c3)OC(=O)N3CCC(N4CCc5ccccc5NC4=O)CC3)CC2)CC1. The van der Waals surface area contributed by atoms with E-state index in [-0.39, 0.29) is 86.8 Å². The molecular weight excluding hydrogens is 797 g/mol. The Labute approximate surface area is 346 Å². The summed E-state index contributed by atoms with van der Waals surface area (Å²) < 4.78 is 58.5. The lowest BCUT2D eigenvalue weighted by Crippen LogP contribution is -2.66. The van der Waals surface area contributed by atoms with Gasteiger partial charge in [-0.05, 0) is 62.4 Å². The van der Waals surface area contributed by atoms with Crippen molar-refractivity contribution in [2.75, 3.05) is 70.1 Å². The van der Waals surface area contributed by atoms with E-state index in [0.29, 0.717) is 51.7 Å². The number of piperidine rings is 3. The second kappa shape index (κ2) is 18.7. The van der Waals surface area contributed by atoms with E-state index in [1.807, 2.05) is 29.2 Å². The van der Waals surface area contributed by atoms with Gasteiger partial charge in [-0.25, -0.2) is 14.4 Å². The molecule has 0 unspecified atom stereocenters. The molecule has 4 aliphatic heterocycles. The van der Waals surface area contributed by atoms with E-state index < -0.39 is 53.5 Å². The molecule has 3 saturated heterocycles. The van der Waals surface area contributed by atoms with Crippen LogP contribution in [0.3, 0.4) is 0 Å². The fourth-order valence-corrected chi connectivity index (χ4v) is 8.98. The number of para-hydroxylation sites is 1. The van der Waals surface area contributed by atoms with Crippen molar-refractivity contribution in [1.29, 1.82) is 0 Å². The first-order valence-corrected chi connectivity index (χ1v) is 20.7. The summed E-state index contributed by atoms with van der Waals surface area (Å²) in [6.07, 6.45) is -4.77. The summed E-state index contributed by atoms with van der Waals surface area (Å²) in [5.74, 6) is -1.65. The van der Waals surface area contributed by atoms with Gasteiger partial charge in [0.2, 0.25) is 5.54 Å². The number of nitrogens with one attached hydrogen (secondary N) is 1. The van der Waals surface area contributed by atoms with Crippen molar-refractivity contribution in [3.05, 3.63) is 58.1 Å². The Balaban J connectivity index is 1.16. The van der Waals surface area contributed by atoms with E-state index in [1.54, 1.807) is 18.7 Å². The standard InChI is InChI=1S/C41H52ClF3N6O8/c1-3-57-36(53)28-9-18-50(19-10-28)40(37(54)58-4-2)14-21-48(22-15-40)35(52)33(25-26-23-30(41(43,44)45)34(46)31(42)24-26)59-39(56)49-16-12-29(13-17-49)51-20-11-27-7-5-6-8-32(27)47-38(51)55/h5-8,23-24,28-29,33H,3-4,9-22,25,46H2,1-2H3,(H,47,55)/q+1/t33-/m1/s1. The molecule has 0 saturated carbocycles. The number of likely N-dealkylation sites (tertiary alicyclic amines) is 3. The number of nitrogens with zero attached hydrogens (tertiary/aromatic N) is 4. The molecule has 0 bridgehead atoms. The number of ether oxygens (including phenoxy) is 3. The lowest BCUT2D eigenvalue weighted by atomic mass is 9.82. The third-order valence-corrected chi connectivity index (χ3v) is 12.3. The van der Waals surface area contributed by atoms with Gasteiger partial charge in [0, 0.05) is 76.6 Å². The first kappa shape index (κ1) is 43.8. The number of benzene rings is 2. The molecule has 0 aromatic heterocycles. The van der Waals surface area contributed by atoms with Crippen LogP contribution >= 0.6 is 11.6 Å². The Bertz CT molecular complexity index is 1880. The van der Waals surface area contributed by atoms with Crippen LogP contribution in [0.1, 0.15) is 69.1 Å². The van der Waals surface area contributed by atoms with E-state index in [4.69, 9.17) is 31.5 Å². The second-order valence-corrected chi connectivity index (χ2v) is 15.9. The molecule has 3 N–H and O–H groups in total. The molecule has 59 heavy (non-hydrogen) atoms. The van der Waals surface area contributed by atoms with E-state index in [1.165, 1.54) is 15.9 Å². The van der Waals surface area contributed by atoms with Crippen molar-refractivity contribution >= 4 is 52.9 Å². The molecule has 18 heteroatoms. The molecule has 4 aliphatic rings. The molecular formula is C41H52ClF3N6O8+. The predicted molar refractivity (Wildman–Crippen MR) is 212 cm³/mol. The van der Waals surface area contributed by atoms with Crippen molar-refractivity contribution in [3.63, 3.8) is 0 Å². The zero-order valence-electron chi connectivity index (χ0n) is 33.4. The fourth-order valence-electron chi connectivity index (χ4n) is 8.73. The number of nitrogen functional groups attached to an aromatic ring is 1. The number of esters is 2. The molecule has 2 aromatic carbocycles. The molecule has 0 aliphatic carbocycles. The van der Waals surface area contributed by atoms with Crippen LogP contribution in [0, 0.1) is 5.92 Å². The monoisotopic (exact) mass is 848 g/mol. The van der Waals surface area contributed by atoms with Crippen LogP contribution in [-0.2, 0) is 47.6 Å². The second-order valence-electron chi connectivity index (χ2n) is 15.5. The molecule has 1 atom stereocenters. The predicted octanol–water partition coefficient (Wildman–Crippen LogP) is 5.58. The molecule has 14 nitrogen and oxygen atoms in total. The fraction of sp³-hybridized carbons (Fsp3) is 0.585. The van der Waals surface area contributed by atoms with Crippen molar-refractivity contribution in [2.45, 2.75) is 89.1 Å². The number of hydrogen-bond acceptors (Lipinski definition) is 10. The highest BCUT2D eigenvalue weighted by Crippen LogP contribution is 2.39. The summed E-state index contributed by atoms with van der Waals surface area (Å²) in [7, 11) is 0. The zero-order valence-corrected chi connectivity index (χ0v) is 34.1.